The van der Waals surface area contributed by atoms with Crippen LogP contribution in [0.1, 0.15) is 56.7 Å². The van der Waals surface area contributed by atoms with Crippen LogP contribution in [0.3, 0.4) is 0 Å². The molecule has 3 aromatic carbocycles. The Morgan fingerprint density at radius 2 is 1.58 bits per heavy atom. The van der Waals surface area contributed by atoms with Crippen molar-refractivity contribution in [2.75, 3.05) is 39.6 Å². The second-order valence-electron chi connectivity index (χ2n) is 11.2. The Hall–Kier alpha value is -3.51. The summed E-state index contributed by atoms with van der Waals surface area (Å²) in [5.74, 6) is 0.748. The van der Waals surface area contributed by atoms with Gasteiger partial charge in [-0.25, -0.2) is 9.46 Å². The predicted molar refractivity (Wildman–Crippen MR) is 176 cm³/mol. The molecule has 1 atom stereocenters. The number of nitriles is 1. The molecule has 0 aliphatic heterocycles. The fraction of sp³-hybridized carbons (Fsp3) is 0.429. The van der Waals surface area contributed by atoms with Crippen molar-refractivity contribution in [3.8, 4) is 22.9 Å². The number of alkyl carbamates (subject to hydrolysis) is 1. The Labute approximate surface area is 268 Å². The zero-order valence-corrected chi connectivity index (χ0v) is 27.5. The molecule has 1 aliphatic rings. The van der Waals surface area contributed by atoms with E-state index in [0.29, 0.717) is 46.0 Å². The highest BCUT2D eigenvalue weighted by Gasteiger charge is 2.29. The fourth-order valence-corrected chi connectivity index (χ4v) is 6.97. The van der Waals surface area contributed by atoms with Gasteiger partial charge in [-0.1, -0.05) is 60.7 Å². The molecular weight excluding hydrogens is 589 g/mol. The summed E-state index contributed by atoms with van der Waals surface area (Å²) >= 11 is 0. The third kappa shape index (κ3) is 9.99. The molecule has 1 amide bonds. The lowest BCUT2D eigenvalue weighted by atomic mass is 9.98. The smallest absolute Gasteiger partial charge is 0.407 e. The predicted octanol–water partition coefficient (Wildman–Crippen LogP) is 7.41. The van der Waals surface area contributed by atoms with Gasteiger partial charge in [0.05, 0.1) is 38.9 Å². The third-order valence-corrected chi connectivity index (χ3v) is 9.31. The number of nitrogens with zero attached hydrogens (tertiary/aromatic N) is 2. The number of amides is 1. The molecule has 0 spiro atoms. The number of carbonyl (C=O) groups is 1. The van der Waals surface area contributed by atoms with E-state index in [4.69, 9.17) is 28.5 Å². The molecule has 0 heterocycles. The van der Waals surface area contributed by atoms with E-state index in [1.165, 1.54) is 22.3 Å². The number of rotatable bonds is 18. The van der Waals surface area contributed by atoms with Gasteiger partial charge in [0.2, 0.25) is 0 Å². The molecule has 0 saturated carbocycles. The van der Waals surface area contributed by atoms with E-state index < -0.39 is 14.6 Å². The Balaban J connectivity index is 1.13. The molecule has 0 radical (unpaired) electrons. The topological polar surface area (TPSA) is 102 Å². The van der Waals surface area contributed by atoms with Crippen LogP contribution in [0.25, 0.3) is 11.1 Å². The van der Waals surface area contributed by atoms with Crippen LogP contribution in [-0.2, 0) is 25.1 Å². The first-order chi connectivity index (χ1) is 21.9. The van der Waals surface area contributed by atoms with Crippen LogP contribution in [0.2, 0.25) is 0 Å². The van der Waals surface area contributed by atoms with Gasteiger partial charge in [-0.05, 0) is 67.6 Å². The molecule has 0 aromatic heterocycles. The quantitative estimate of drug-likeness (QED) is 0.114. The highest BCUT2D eigenvalue weighted by Crippen LogP contribution is 2.47. The number of carbonyl (C=O) groups excluding carboxylic acids is 1. The van der Waals surface area contributed by atoms with Gasteiger partial charge in [0, 0.05) is 24.5 Å². The summed E-state index contributed by atoms with van der Waals surface area (Å²) in [5, 5.41) is 11.7. The molecule has 3 aromatic rings. The summed E-state index contributed by atoms with van der Waals surface area (Å²) < 4.78 is 31.5. The summed E-state index contributed by atoms with van der Waals surface area (Å²) in [7, 11) is -1.32. The molecule has 240 valence electrons. The molecule has 1 unspecified atom stereocenters. The summed E-state index contributed by atoms with van der Waals surface area (Å²) in [5.41, 5.74) is 5.73. The molecule has 1 N–H and O–H groups in total. The molecule has 0 bridgehead atoms. The minimum Gasteiger partial charge on any atom is -0.491 e. The molecule has 9 nitrogen and oxygen atoms in total. The van der Waals surface area contributed by atoms with Crippen LogP contribution in [0.5, 0.6) is 5.75 Å². The van der Waals surface area contributed by atoms with Gasteiger partial charge < -0.3 is 28.6 Å². The van der Waals surface area contributed by atoms with Crippen molar-refractivity contribution in [2.24, 2.45) is 0 Å². The summed E-state index contributed by atoms with van der Waals surface area (Å²) in [4.78, 5) is 12.3. The maximum atomic E-state index is 12.3. The van der Waals surface area contributed by atoms with E-state index in [2.05, 4.69) is 68.0 Å². The Bertz CT molecular complexity index is 1360. The molecule has 0 saturated heterocycles. The number of hydrogen-bond acceptors (Lipinski definition) is 8. The van der Waals surface area contributed by atoms with Crippen LogP contribution in [0.4, 0.5) is 4.79 Å². The summed E-state index contributed by atoms with van der Waals surface area (Å²) in [6, 6.07) is 26.9. The van der Waals surface area contributed by atoms with Crippen LogP contribution in [0, 0.1) is 11.3 Å². The first-order valence-corrected chi connectivity index (χ1v) is 16.6. The molecule has 10 heteroatoms. The largest absolute Gasteiger partial charge is 0.491 e. The standard InChI is InChI=1S/C35H44N3O6P/c1-26(2)38(27(3)4)45(43-19-10-17-36)44-24-28-11-9-12-29(23-28)41-22-21-40-20-18-37-35(39)42-25-34-32-15-7-5-13-30(32)31-14-6-8-16-33(31)34/h5-9,11-16,23,26-27,34H,10,18-22,24-25H2,1-4H3,(H,37,39). The first kappa shape index (κ1) is 34.4. The van der Waals surface area contributed by atoms with Gasteiger partial charge in [-0.3, -0.25) is 0 Å². The van der Waals surface area contributed by atoms with Crippen LogP contribution < -0.4 is 10.1 Å². The van der Waals surface area contributed by atoms with E-state index in [1.807, 2.05) is 48.5 Å². The van der Waals surface area contributed by atoms with Crippen molar-refractivity contribution in [3.63, 3.8) is 0 Å². The summed E-state index contributed by atoms with van der Waals surface area (Å²) in [6.45, 7) is 10.9. The molecule has 1 aliphatic carbocycles. The van der Waals surface area contributed by atoms with Crippen molar-refractivity contribution in [1.29, 1.82) is 5.26 Å². The van der Waals surface area contributed by atoms with Gasteiger partial charge in [0.25, 0.3) is 8.53 Å². The lowest BCUT2D eigenvalue weighted by molar-refractivity contribution is 0.0971. The second-order valence-corrected chi connectivity index (χ2v) is 12.6. The molecule has 0 fully saturated rings. The molecule has 4 rings (SSSR count). The zero-order valence-electron chi connectivity index (χ0n) is 26.6. The normalized spacial score (nSPS) is 13.0. The van der Waals surface area contributed by atoms with Crippen molar-refractivity contribution in [1.82, 2.24) is 9.99 Å². The lowest BCUT2D eigenvalue weighted by Crippen LogP contribution is -2.33. The maximum absolute atomic E-state index is 12.3. The van der Waals surface area contributed by atoms with E-state index in [0.717, 1.165) is 11.3 Å². The Morgan fingerprint density at radius 1 is 0.889 bits per heavy atom. The number of nitrogens with one attached hydrogen (secondary N) is 1. The average Bonchev–Trinajstić information content (AvgIpc) is 3.35. The maximum Gasteiger partial charge on any atom is 0.407 e. The van der Waals surface area contributed by atoms with E-state index in [-0.39, 0.29) is 24.6 Å². The Morgan fingerprint density at radius 3 is 2.24 bits per heavy atom. The Kier molecular flexibility index (Phi) is 13.6. The number of benzene rings is 3. The second kappa shape index (κ2) is 17.8. The highest BCUT2D eigenvalue weighted by atomic mass is 31.2. The average molecular weight is 634 g/mol. The fourth-order valence-electron chi connectivity index (χ4n) is 5.36. The van der Waals surface area contributed by atoms with Crippen molar-refractivity contribution in [2.45, 2.75) is 58.7 Å². The number of hydrogen-bond donors (Lipinski definition) is 1. The summed E-state index contributed by atoms with van der Waals surface area (Å²) in [6.07, 6.45) is -0.136. The van der Waals surface area contributed by atoms with Gasteiger partial charge >= 0.3 is 6.09 Å². The molecule has 45 heavy (non-hydrogen) atoms. The van der Waals surface area contributed by atoms with Gasteiger partial charge in [-0.15, -0.1) is 0 Å². The third-order valence-electron chi connectivity index (χ3n) is 7.26. The minimum atomic E-state index is -1.32. The van der Waals surface area contributed by atoms with Crippen LogP contribution >= 0.6 is 8.53 Å². The highest BCUT2D eigenvalue weighted by molar-refractivity contribution is 7.44. The van der Waals surface area contributed by atoms with Crippen molar-refractivity contribution < 1.29 is 28.1 Å². The van der Waals surface area contributed by atoms with Gasteiger partial charge in [0.1, 0.15) is 19.0 Å². The van der Waals surface area contributed by atoms with Crippen LogP contribution in [-0.4, -0.2) is 62.4 Å². The van der Waals surface area contributed by atoms with Crippen molar-refractivity contribution >= 4 is 14.6 Å². The zero-order chi connectivity index (χ0) is 32.0. The van der Waals surface area contributed by atoms with Crippen LogP contribution in [0.15, 0.2) is 72.8 Å². The van der Waals surface area contributed by atoms with E-state index in [1.54, 1.807) is 0 Å². The van der Waals surface area contributed by atoms with Crippen molar-refractivity contribution in [3.05, 3.63) is 89.5 Å². The minimum absolute atomic E-state index is 0.0292. The molecular formula is C35H44N3O6P. The van der Waals surface area contributed by atoms with E-state index in [9.17, 15) is 4.79 Å². The SMILES string of the molecule is CC(C)N(C(C)C)P(OCCC#N)OCc1cccc(OCCOCCNC(=O)OCC2c3ccccc3-c3ccccc32)c1. The number of fused-ring (bicyclic) bond motifs is 3. The monoisotopic (exact) mass is 633 g/mol. The van der Waals surface area contributed by atoms with Gasteiger partial charge in [-0.2, -0.15) is 5.26 Å². The first-order valence-electron chi connectivity index (χ1n) is 15.5. The van der Waals surface area contributed by atoms with E-state index >= 15 is 0 Å². The van der Waals surface area contributed by atoms with Gasteiger partial charge in [0.15, 0.2) is 0 Å². The number of ether oxygens (including phenoxy) is 3. The lowest BCUT2D eigenvalue weighted by Gasteiger charge is -2.35.